The van der Waals surface area contributed by atoms with Crippen molar-refractivity contribution in [2.75, 3.05) is 25.4 Å². The van der Waals surface area contributed by atoms with Gasteiger partial charge in [0, 0.05) is 19.0 Å². The van der Waals surface area contributed by atoms with Gasteiger partial charge in [0.2, 0.25) is 0 Å². The highest BCUT2D eigenvalue weighted by Gasteiger charge is 2.25. The molecular formula is C20H22N2O3S2. The van der Waals surface area contributed by atoms with E-state index in [0.29, 0.717) is 18.2 Å². The third-order valence-corrected chi connectivity index (χ3v) is 7.12. The van der Waals surface area contributed by atoms with Gasteiger partial charge in [-0.3, -0.25) is 0 Å². The molecule has 3 aromatic rings. The number of fused-ring (bicyclic) bond motifs is 1. The van der Waals surface area contributed by atoms with Crippen molar-refractivity contribution < 1.29 is 12.6 Å². The molecular weight excluding hydrogens is 380 g/mol. The molecule has 0 saturated carbocycles. The van der Waals surface area contributed by atoms with Crippen molar-refractivity contribution in [1.82, 2.24) is 9.88 Å². The van der Waals surface area contributed by atoms with Crippen LogP contribution in [-0.4, -0.2) is 43.7 Å². The van der Waals surface area contributed by atoms with Crippen LogP contribution in [0.1, 0.15) is 23.8 Å². The molecule has 0 aliphatic carbocycles. The van der Waals surface area contributed by atoms with Gasteiger partial charge in [-0.1, -0.05) is 30.3 Å². The predicted molar refractivity (Wildman–Crippen MR) is 109 cm³/mol. The predicted octanol–water partition coefficient (Wildman–Crippen LogP) is 3.88. The van der Waals surface area contributed by atoms with Gasteiger partial charge in [-0.15, -0.1) is 11.3 Å². The van der Waals surface area contributed by atoms with Crippen LogP contribution in [-0.2, 0) is 10.1 Å². The lowest BCUT2D eigenvalue weighted by atomic mass is 9.99. The molecule has 2 aromatic carbocycles. The maximum Gasteiger partial charge on any atom is 0.310 e. The van der Waals surface area contributed by atoms with Gasteiger partial charge in [0.1, 0.15) is 5.75 Å². The summed E-state index contributed by atoms with van der Waals surface area (Å²) in [5.41, 5.74) is 1.05. The summed E-state index contributed by atoms with van der Waals surface area (Å²) in [6.07, 6.45) is 2.16. The molecule has 0 unspecified atom stereocenters. The Morgan fingerprint density at radius 2 is 1.89 bits per heavy atom. The highest BCUT2D eigenvalue weighted by molar-refractivity contribution is 7.87. The van der Waals surface area contributed by atoms with Crippen molar-refractivity contribution in [2.24, 2.45) is 0 Å². The fraction of sp³-hybridized carbons (Fsp3) is 0.350. The Morgan fingerprint density at radius 3 is 2.70 bits per heavy atom. The summed E-state index contributed by atoms with van der Waals surface area (Å²) in [6.45, 7) is 2.25. The lowest BCUT2D eigenvalue weighted by Gasteiger charge is -2.31. The van der Waals surface area contributed by atoms with Crippen molar-refractivity contribution in [3.8, 4) is 5.75 Å². The van der Waals surface area contributed by atoms with Gasteiger partial charge in [0.05, 0.1) is 21.0 Å². The molecule has 142 valence electrons. The Hall–Kier alpha value is -1.96. The summed E-state index contributed by atoms with van der Waals surface area (Å²) in [4.78, 5) is 7.00. The minimum absolute atomic E-state index is 0.00550. The van der Waals surface area contributed by atoms with Crippen molar-refractivity contribution in [3.63, 3.8) is 0 Å². The lowest BCUT2D eigenvalue weighted by Crippen LogP contribution is -2.38. The van der Waals surface area contributed by atoms with Gasteiger partial charge in [0.25, 0.3) is 0 Å². The molecule has 1 fully saturated rings. The summed E-state index contributed by atoms with van der Waals surface area (Å²) in [7, 11) is -3.59. The Labute approximate surface area is 163 Å². The van der Waals surface area contributed by atoms with Gasteiger partial charge in [-0.2, -0.15) is 8.42 Å². The summed E-state index contributed by atoms with van der Waals surface area (Å²) < 4.78 is 30.9. The lowest BCUT2D eigenvalue weighted by molar-refractivity contribution is 0.217. The maximum atomic E-state index is 12.3. The molecule has 0 radical (unpaired) electrons. The molecule has 4 rings (SSSR count). The quantitative estimate of drug-likeness (QED) is 0.586. The fourth-order valence-electron chi connectivity index (χ4n) is 3.43. The normalized spacial score (nSPS) is 18.6. The smallest absolute Gasteiger partial charge is 0.310 e. The molecule has 1 aromatic heterocycles. The van der Waals surface area contributed by atoms with Gasteiger partial charge >= 0.3 is 10.1 Å². The molecule has 1 saturated heterocycles. The van der Waals surface area contributed by atoms with E-state index in [1.165, 1.54) is 4.70 Å². The molecule has 0 spiro atoms. The largest absolute Gasteiger partial charge is 0.382 e. The second-order valence-electron chi connectivity index (χ2n) is 6.82. The van der Waals surface area contributed by atoms with Crippen LogP contribution in [0, 0.1) is 0 Å². The van der Waals surface area contributed by atoms with Crippen LogP contribution in [0.3, 0.4) is 0 Å². The molecule has 7 heteroatoms. The monoisotopic (exact) mass is 402 g/mol. The molecule has 1 atom stereocenters. The first-order valence-electron chi connectivity index (χ1n) is 9.14. The van der Waals surface area contributed by atoms with Crippen molar-refractivity contribution in [2.45, 2.75) is 18.8 Å². The average Bonchev–Trinajstić information content (AvgIpc) is 3.12. The van der Waals surface area contributed by atoms with Crippen molar-refractivity contribution in [1.29, 1.82) is 0 Å². The highest BCUT2D eigenvalue weighted by Crippen LogP contribution is 2.32. The number of likely N-dealkylation sites (tertiary alicyclic amines) is 1. The van der Waals surface area contributed by atoms with Gasteiger partial charge in [-0.05, 0) is 43.7 Å². The SMILES string of the molecule is O=S(=O)(CCN1CCC[C@@H](c2nc3ccccc3s2)C1)Oc1ccccc1. The Morgan fingerprint density at radius 1 is 1.11 bits per heavy atom. The number of rotatable bonds is 6. The van der Waals surface area contributed by atoms with E-state index in [0.717, 1.165) is 36.5 Å². The third-order valence-electron chi connectivity index (χ3n) is 4.79. The molecule has 27 heavy (non-hydrogen) atoms. The number of piperidine rings is 1. The van der Waals surface area contributed by atoms with E-state index in [1.54, 1.807) is 35.6 Å². The first kappa shape index (κ1) is 18.4. The number of hydrogen-bond donors (Lipinski definition) is 0. The Bertz CT molecular complexity index is 969. The average molecular weight is 403 g/mol. The van der Waals surface area contributed by atoms with Crippen LogP contribution in [0.2, 0.25) is 0 Å². The Balaban J connectivity index is 1.37. The highest BCUT2D eigenvalue weighted by atomic mass is 32.2. The van der Waals surface area contributed by atoms with Crippen LogP contribution in [0.25, 0.3) is 10.2 Å². The fourth-order valence-corrected chi connectivity index (χ4v) is 5.49. The van der Waals surface area contributed by atoms with E-state index < -0.39 is 10.1 Å². The second-order valence-corrected chi connectivity index (χ2v) is 9.57. The van der Waals surface area contributed by atoms with E-state index in [2.05, 4.69) is 11.0 Å². The minimum Gasteiger partial charge on any atom is -0.382 e. The summed E-state index contributed by atoms with van der Waals surface area (Å²) >= 11 is 1.75. The summed E-state index contributed by atoms with van der Waals surface area (Å²) in [5.74, 6) is 0.728. The van der Waals surface area contributed by atoms with E-state index in [9.17, 15) is 8.42 Å². The number of hydrogen-bond acceptors (Lipinski definition) is 6. The van der Waals surface area contributed by atoms with Gasteiger partial charge in [-0.25, -0.2) is 4.98 Å². The van der Waals surface area contributed by atoms with Gasteiger partial charge in [0.15, 0.2) is 0 Å². The number of nitrogens with zero attached hydrogens (tertiary/aromatic N) is 2. The Kier molecular flexibility index (Phi) is 5.43. The molecule has 2 heterocycles. The standard InChI is InChI=1S/C20H22N2O3S2/c23-27(24,25-17-8-2-1-3-9-17)14-13-22-12-6-7-16(15-22)20-21-18-10-4-5-11-19(18)26-20/h1-5,8-11,16H,6-7,12-15H2/t16-/m1/s1. The zero-order chi connectivity index (χ0) is 18.7. The van der Waals surface area contributed by atoms with Crippen molar-refractivity contribution >= 4 is 31.7 Å². The summed E-state index contributed by atoms with van der Waals surface area (Å²) in [5, 5.41) is 1.16. The molecule has 5 nitrogen and oxygen atoms in total. The van der Waals surface area contributed by atoms with E-state index >= 15 is 0 Å². The molecule has 1 aliphatic heterocycles. The molecule has 0 bridgehead atoms. The van der Waals surface area contributed by atoms with E-state index in [-0.39, 0.29) is 5.75 Å². The first-order chi connectivity index (χ1) is 13.1. The minimum atomic E-state index is -3.59. The summed E-state index contributed by atoms with van der Waals surface area (Å²) in [6, 6.07) is 16.9. The first-order valence-corrected chi connectivity index (χ1v) is 11.5. The number of para-hydroxylation sites is 2. The molecule has 0 amide bonds. The van der Waals surface area contributed by atoms with E-state index in [1.807, 2.05) is 24.3 Å². The van der Waals surface area contributed by atoms with Crippen LogP contribution in [0.5, 0.6) is 5.75 Å². The molecule has 1 aliphatic rings. The van der Waals surface area contributed by atoms with Crippen LogP contribution in [0.15, 0.2) is 54.6 Å². The van der Waals surface area contributed by atoms with Crippen molar-refractivity contribution in [3.05, 3.63) is 59.6 Å². The number of thiazole rings is 1. The zero-order valence-corrected chi connectivity index (χ0v) is 16.6. The zero-order valence-electron chi connectivity index (χ0n) is 15.0. The number of benzene rings is 2. The van der Waals surface area contributed by atoms with Gasteiger partial charge < -0.3 is 9.08 Å². The topological polar surface area (TPSA) is 59.5 Å². The van der Waals surface area contributed by atoms with Crippen LogP contribution in [0.4, 0.5) is 0 Å². The van der Waals surface area contributed by atoms with Crippen LogP contribution < -0.4 is 4.18 Å². The van der Waals surface area contributed by atoms with Crippen LogP contribution >= 0.6 is 11.3 Å². The third kappa shape index (κ3) is 4.66. The van der Waals surface area contributed by atoms with E-state index in [4.69, 9.17) is 9.17 Å². The molecule has 0 N–H and O–H groups in total. The second kappa shape index (κ2) is 7.96. The maximum absolute atomic E-state index is 12.3. The number of aromatic nitrogens is 1.